The molecule has 7 heteroatoms. The maximum Gasteiger partial charge on any atom is 0.416 e. The first-order valence-electron chi connectivity index (χ1n) is 6.40. The van der Waals surface area contributed by atoms with Crippen molar-refractivity contribution in [1.82, 2.24) is 9.36 Å². The Morgan fingerprint density at radius 2 is 1.90 bits per heavy atom. The van der Waals surface area contributed by atoms with Crippen molar-refractivity contribution in [3.05, 3.63) is 41.2 Å². The summed E-state index contributed by atoms with van der Waals surface area (Å²) in [7, 11) is 0. The molecule has 0 unspecified atom stereocenters. The van der Waals surface area contributed by atoms with Crippen LogP contribution in [-0.2, 0) is 18.1 Å². The first-order chi connectivity index (χ1) is 9.66. The molecular weight excluding hydrogens is 299 g/mol. The van der Waals surface area contributed by atoms with Crippen molar-refractivity contribution >= 4 is 16.7 Å². The number of alkyl halides is 3. The maximum atomic E-state index is 12.6. The lowest BCUT2D eigenvalue weighted by atomic mass is 9.96. The lowest BCUT2D eigenvalue weighted by molar-refractivity contribution is -0.137. The smallest absolute Gasteiger partial charge is 0.356 e. The van der Waals surface area contributed by atoms with Gasteiger partial charge in [-0.3, -0.25) is 0 Å². The third-order valence-electron chi connectivity index (χ3n) is 2.79. The van der Waals surface area contributed by atoms with E-state index in [4.69, 9.17) is 0 Å². The highest BCUT2D eigenvalue weighted by atomic mass is 32.1. The zero-order valence-corrected chi connectivity index (χ0v) is 12.8. The fourth-order valence-corrected chi connectivity index (χ4v) is 2.39. The zero-order valence-electron chi connectivity index (χ0n) is 12.0. The van der Waals surface area contributed by atoms with Crippen molar-refractivity contribution in [1.29, 1.82) is 0 Å². The average Bonchev–Trinajstić information content (AvgIpc) is 2.84. The van der Waals surface area contributed by atoms with E-state index < -0.39 is 11.7 Å². The molecule has 114 valence electrons. The van der Waals surface area contributed by atoms with Crippen LogP contribution in [0.25, 0.3) is 0 Å². The number of benzene rings is 1. The highest BCUT2D eigenvalue weighted by Gasteiger charge is 2.30. The van der Waals surface area contributed by atoms with Gasteiger partial charge in [0.1, 0.15) is 5.82 Å². The lowest BCUT2D eigenvalue weighted by Gasteiger charge is -2.12. The van der Waals surface area contributed by atoms with Crippen LogP contribution < -0.4 is 5.32 Å². The first kappa shape index (κ1) is 15.8. The monoisotopic (exact) mass is 315 g/mol. The SMILES string of the molecule is CC(C)(C)c1nsc(NCc2cccc(C(F)(F)F)c2)n1. The van der Waals surface area contributed by atoms with Crippen LogP contribution in [0.4, 0.5) is 18.3 Å². The minimum atomic E-state index is -4.32. The number of nitrogens with one attached hydrogen (secondary N) is 1. The van der Waals surface area contributed by atoms with Crippen LogP contribution in [-0.4, -0.2) is 9.36 Å². The van der Waals surface area contributed by atoms with Gasteiger partial charge >= 0.3 is 6.18 Å². The molecule has 21 heavy (non-hydrogen) atoms. The van der Waals surface area contributed by atoms with Crippen molar-refractivity contribution < 1.29 is 13.2 Å². The highest BCUT2D eigenvalue weighted by Crippen LogP contribution is 2.30. The second-order valence-corrected chi connectivity index (χ2v) is 6.48. The van der Waals surface area contributed by atoms with Gasteiger partial charge in [-0.2, -0.15) is 17.5 Å². The quantitative estimate of drug-likeness (QED) is 0.908. The molecule has 3 nitrogen and oxygen atoms in total. The van der Waals surface area contributed by atoms with E-state index in [1.54, 1.807) is 6.07 Å². The van der Waals surface area contributed by atoms with E-state index in [-0.39, 0.29) is 12.0 Å². The van der Waals surface area contributed by atoms with Crippen LogP contribution in [0.5, 0.6) is 0 Å². The number of rotatable bonds is 3. The largest absolute Gasteiger partial charge is 0.416 e. The summed E-state index contributed by atoms with van der Waals surface area (Å²) >= 11 is 1.21. The van der Waals surface area contributed by atoms with E-state index >= 15 is 0 Å². The second kappa shape index (κ2) is 5.63. The molecule has 1 heterocycles. The number of halogens is 3. The predicted octanol–water partition coefficient (Wildman–Crippen LogP) is 4.47. The van der Waals surface area contributed by atoms with Crippen LogP contribution in [0.15, 0.2) is 24.3 Å². The predicted molar refractivity (Wildman–Crippen MR) is 77.4 cm³/mol. The molecule has 0 amide bonds. The molecule has 0 spiro atoms. The zero-order chi connectivity index (χ0) is 15.7. The van der Waals surface area contributed by atoms with Gasteiger partial charge in [-0.15, -0.1) is 0 Å². The molecule has 0 atom stereocenters. The number of hydrogen-bond acceptors (Lipinski definition) is 4. The van der Waals surface area contributed by atoms with E-state index in [1.165, 1.54) is 17.6 Å². The Hall–Kier alpha value is -1.63. The molecule has 0 bridgehead atoms. The van der Waals surface area contributed by atoms with Crippen molar-refractivity contribution in [2.45, 2.75) is 38.9 Å². The molecule has 0 saturated carbocycles. The van der Waals surface area contributed by atoms with Gasteiger partial charge in [-0.05, 0) is 17.7 Å². The molecule has 0 aliphatic heterocycles. The van der Waals surface area contributed by atoms with Gasteiger partial charge in [0.15, 0.2) is 0 Å². The lowest BCUT2D eigenvalue weighted by Crippen LogP contribution is -2.13. The van der Waals surface area contributed by atoms with Crippen molar-refractivity contribution in [3.8, 4) is 0 Å². The number of aromatic nitrogens is 2. The van der Waals surface area contributed by atoms with Gasteiger partial charge in [-0.1, -0.05) is 32.9 Å². The summed E-state index contributed by atoms with van der Waals surface area (Å²) in [6, 6.07) is 5.25. The molecule has 1 aromatic carbocycles. The topological polar surface area (TPSA) is 37.8 Å². The summed E-state index contributed by atoms with van der Waals surface area (Å²) in [6.45, 7) is 6.30. The normalized spacial score (nSPS) is 12.5. The van der Waals surface area contributed by atoms with E-state index in [1.807, 2.05) is 20.8 Å². The van der Waals surface area contributed by atoms with Crippen molar-refractivity contribution in [2.24, 2.45) is 0 Å². The second-order valence-electron chi connectivity index (χ2n) is 5.72. The molecule has 0 radical (unpaired) electrons. The molecule has 0 aliphatic rings. The third kappa shape index (κ3) is 4.17. The van der Waals surface area contributed by atoms with Crippen LogP contribution in [0, 0.1) is 0 Å². The summed E-state index contributed by atoms with van der Waals surface area (Å²) < 4.78 is 42.1. The summed E-state index contributed by atoms with van der Waals surface area (Å²) in [4.78, 5) is 4.34. The number of hydrogen-bond donors (Lipinski definition) is 1. The molecule has 1 N–H and O–H groups in total. The number of nitrogens with zero attached hydrogens (tertiary/aromatic N) is 2. The molecule has 1 aromatic heterocycles. The van der Waals surface area contributed by atoms with Gasteiger partial charge < -0.3 is 5.32 Å². The van der Waals surface area contributed by atoms with E-state index in [9.17, 15) is 13.2 Å². The summed E-state index contributed by atoms with van der Waals surface area (Å²) in [5, 5.41) is 3.62. The van der Waals surface area contributed by atoms with Crippen LogP contribution in [0.1, 0.15) is 37.7 Å². The van der Waals surface area contributed by atoms with Gasteiger partial charge in [0.25, 0.3) is 0 Å². The van der Waals surface area contributed by atoms with Crippen LogP contribution >= 0.6 is 11.5 Å². The molecule has 0 aliphatic carbocycles. The summed E-state index contributed by atoms with van der Waals surface area (Å²) in [5.74, 6) is 0.721. The maximum absolute atomic E-state index is 12.6. The van der Waals surface area contributed by atoms with Gasteiger partial charge in [0.05, 0.1) is 5.56 Å². The van der Waals surface area contributed by atoms with Crippen molar-refractivity contribution in [3.63, 3.8) is 0 Å². The summed E-state index contributed by atoms with van der Waals surface area (Å²) in [6.07, 6.45) is -4.32. The van der Waals surface area contributed by atoms with Crippen LogP contribution in [0.3, 0.4) is 0 Å². The average molecular weight is 315 g/mol. The van der Waals surface area contributed by atoms with E-state index in [0.717, 1.165) is 18.0 Å². The molecule has 2 rings (SSSR count). The molecular formula is C14H16F3N3S. The minimum Gasteiger partial charge on any atom is -0.356 e. The third-order valence-corrected chi connectivity index (χ3v) is 3.47. The van der Waals surface area contributed by atoms with Gasteiger partial charge in [0, 0.05) is 23.5 Å². The van der Waals surface area contributed by atoms with Crippen molar-refractivity contribution in [2.75, 3.05) is 5.32 Å². The Kier molecular flexibility index (Phi) is 4.22. The molecule has 0 saturated heterocycles. The van der Waals surface area contributed by atoms with Gasteiger partial charge in [-0.25, -0.2) is 4.98 Å². The first-order valence-corrected chi connectivity index (χ1v) is 7.18. The Bertz CT molecular complexity index is 614. The highest BCUT2D eigenvalue weighted by molar-refractivity contribution is 7.09. The Morgan fingerprint density at radius 1 is 1.19 bits per heavy atom. The van der Waals surface area contributed by atoms with Gasteiger partial charge in [0.2, 0.25) is 5.13 Å². The Morgan fingerprint density at radius 3 is 2.48 bits per heavy atom. The summed E-state index contributed by atoms with van der Waals surface area (Å²) in [5.41, 5.74) is -0.237. The molecule has 0 fully saturated rings. The fourth-order valence-electron chi connectivity index (χ4n) is 1.64. The fraction of sp³-hybridized carbons (Fsp3) is 0.429. The Labute approximate surface area is 125 Å². The van der Waals surface area contributed by atoms with E-state index in [2.05, 4.69) is 14.7 Å². The Balaban J connectivity index is 2.05. The standard InChI is InChI=1S/C14H16F3N3S/c1-13(2,3)11-19-12(21-20-11)18-8-9-5-4-6-10(7-9)14(15,16)17/h4-7H,8H2,1-3H3,(H,18,19,20). The van der Waals surface area contributed by atoms with E-state index in [0.29, 0.717) is 10.7 Å². The molecule has 2 aromatic rings. The number of anilines is 1. The minimum absolute atomic E-state index is 0.146. The van der Waals surface area contributed by atoms with Crippen LogP contribution in [0.2, 0.25) is 0 Å².